The summed E-state index contributed by atoms with van der Waals surface area (Å²) in [6, 6.07) is 14.4. The smallest absolute Gasteiger partial charge is 0.326 e. The molecule has 168 valence electrons. The van der Waals surface area contributed by atoms with Crippen LogP contribution in [0.4, 0.5) is 0 Å². The first-order valence-corrected chi connectivity index (χ1v) is 10.5. The van der Waals surface area contributed by atoms with Crippen molar-refractivity contribution in [3.63, 3.8) is 0 Å². The highest BCUT2D eigenvalue weighted by atomic mass is 16.4. The molecule has 1 heterocycles. The lowest BCUT2D eigenvalue weighted by molar-refractivity contribution is -0.153. The Bertz CT molecular complexity index is 1030. The molecule has 3 rings (SSSR count). The molecule has 0 unspecified atom stereocenters. The average molecular weight is 438 g/mol. The highest BCUT2D eigenvalue weighted by Gasteiger charge is 2.32. The number of carboxylic acid groups (broad SMARTS) is 1. The van der Waals surface area contributed by atoms with Crippen LogP contribution in [0.1, 0.15) is 32.3 Å². The van der Waals surface area contributed by atoms with Gasteiger partial charge in [-0.15, -0.1) is 10.2 Å². The zero-order valence-corrected chi connectivity index (χ0v) is 18.1. The molecule has 0 bridgehead atoms. The van der Waals surface area contributed by atoms with Gasteiger partial charge in [0.2, 0.25) is 11.7 Å². The van der Waals surface area contributed by atoms with Crippen LogP contribution in [0.2, 0.25) is 0 Å². The molecule has 9 heteroatoms. The Morgan fingerprint density at radius 2 is 1.75 bits per heavy atom. The highest BCUT2D eigenvalue weighted by Crippen LogP contribution is 2.30. The Balaban J connectivity index is 1.87. The molecule has 3 N–H and O–H groups in total. The maximum atomic E-state index is 12.7. The summed E-state index contributed by atoms with van der Waals surface area (Å²) in [5, 5.41) is 33.0. The van der Waals surface area contributed by atoms with E-state index >= 15 is 0 Å². The Morgan fingerprint density at radius 3 is 2.31 bits per heavy atom. The van der Waals surface area contributed by atoms with Crippen molar-refractivity contribution in [3.8, 4) is 22.5 Å². The van der Waals surface area contributed by atoms with Gasteiger partial charge in [0.1, 0.15) is 6.04 Å². The number of carbonyl (C=O) groups is 2. The van der Waals surface area contributed by atoms with E-state index in [0.717, 1.165) is 22.3 Å². The number of H-pyrrole nitrogens is 1. The van der Waals surface area contributed by atoms with E-state index in [0.29, 0.717) is 12.2 Å². The van der Waals surface area contributed by atoms with Gasteiger partial charge in [-0.1, -0.05) is 62.4 Å². The van der Waals surface area contributed by atoms with E-state index < -0.39 is 12.0 Å². The number of nitrogens with zero attached hydrogens (tertiary/aromatic N) is 4. The topological polar surface area (TPSA) is 132 Å². The maximum absolute atomic E-state index is 12.7. The second-order valence-corrected chi connectivity index (χ2v) is 7.85. The molecule has 0 aliphatic rings. The van der Waals surface area contributed by atoms with E-state index in [2.05, 4.69) is 20.6 Å². The summed E-state index contributed by atoms with van der Waals surface area (Å²) < 4.78 is 0. The first kappa shape index (κ1) is 23.1. The van der Waals surface area contributed by atoms with Crippen LogP contribution in [0.3, 0.4) is 0 Å². The molecule has 0 spiro atoms. The summed E-state index contributed by atoms with van der Waals surface area (Å²) in [4.78, 5) is 26.0. The summed E-state index contributed by atoms with van der Waals surface area (Å²) in [5.41, 5.74) is 3.52. The number of aromatic amines is 1. The molecule has 1 amide bonds. The van der Waals surface area contributed by atoms with Crippen LogP contribution in [0.25, 0.3) is 22.5 Å². The monoisotopic (exact) mass is 437 g/mol. The van der Waals surface area contributed by atoms with Gasteiger partial charge in [-0.2, -0.15) is 5.21 Å². The van der Waals surface area contributed by atoms with Crippen molar-refractivity contribution in [2.24, 2.45) is 5.92 Å². The summed E-state index contributed by atoms with van der Waals surface area (Å²) >= 11 is 0. The number of nitrogens with one attached hydrogen (secondary N) is 1. The van der Waals surface area contributed by atoms with E-state index in [1.807, 2.05) is 48.5 Å². The molecule has 1 aromatic heterocycles. The van der Waals surface area contributed by atoms with Gasteiger partial charge >= 0.3 is 5.97 Å². The van der Waals surface area contributed by atoms with Crippen LogP contribution in [-0.4, -0.2) is 60.3 Å². The number of hydrogen-bond acceptors (Lipinski definition) is 6. The van der Waals surface area contributed by atoms with Gasteiger partial charge in [-0.25, -0.2) is 4.79 Å². The first-order valence-electron chi connectivity index (χ1n) is 10.5. The van der Waals surface area contributed by atoms with Crippen molar-refractivity contribution in [1.29, 1.82) is 0 Å². The molecule has 2 aromatic carbocycles. The van der Waals surface area contributed by atoms with Crippen molar-refractivity contribution in [2.45, 2.75) is 39.3 Å². The Morgan fingerprint density at radius 1 is 1.06 bits per heavy atom. The quantitative estimate of drug-likeness (QED) is 0.444. The molecular weight excluding hydrogens is 410 g/mol. The standard InChI is InChI=1S/C23H27N5O4/c1-15(2)21(23(31)32)28(20(30)8-5-13-29)14-16-9-11-17(12-10-16)18-6-3-4-7-19(18)22-24-26-27-25-22/h3-4,6-7,9-12,15,21,29H,5,8,13-14H2,1-2H3,(H,31,32)(H,24,25,26,27)/t21-/m0/s1. The number of hydrogen-bond donors (Lipinski definition) is 3. The molecule has 0 aliphatic heterocycles. The van der Waals surface area contributed by atoms with E-state index in [1.165, 1.54) is 4.90 Å². The largest absolute Gasteiger partial charge is 0.480 e. The molecule has 3 aromatic rings. The van der Waals surface area contributed by atoms with Gasteiger partial charge in [0, 0.05) is 25.1 Å². The fourth-order valence-electron chi connectivity index (χ4n) is 3.69. The summed E-state index contributed by atoms with van der Waals surface area (Å²) in [6.45, 7) is 3.62. The van der Waals surface area contributed by atoms with Crippen LogP contribution >= 0.6 is 0 Å². The lowest BCUT2D eigenvalue weighted by atomic mass is 9.97. The SMILES string of the molecule is CC(C)[C@@H](C(=O)O)N(Cc1ccc(-c2ccccc2-c2nn[nH]n2)cc1)C(=O)CCCO. The zero-order valence-electron chi connectivity index (χ0n) is 18.1. The van der Waals surface area contributed by atoms with Crippen LogP contribution in [0.5, 0.6) is 0 Å². The summed E-state index contributed by atoms with van der Waals surface area (Å²) in [5.74, 6) is -1.09. The van der Waals surface area contributed by atoms with Crippen molar-refractivity contribution in [2.75, 3.05) is 6.61 Å². The Hall–Kier alpha value is -3.59. The number of amides is 1. The predicted molar refractivity (Wildman–Crippen MR) is 118 cm³/mol. The number of tetrazole rings is 1. The van der Waals surface area contributed by atoms with Gasteiger partial charge in [0.15, 0.2) is 0 Å². The van der Waals surface area contributed by atoms with E-state index in [9.17, 15) is 14.7 Å². The predicted octanol–water partition coefficient (Wildman–Crippen LogP) is 2.74. The number of aromatic nitrogens is 4. The normalized spacial score (nSPS) is 12.0. The minimum absolute atomic E-state index is 0.100. The van der Waals surface area contributed by atoms with Crippen molar-refractivity contribution < 1.29 is 19.8 Å². The van der Waals surface area contributed by atoms with Gasteiger partial charge in [0.25, 0.3) is 0 Å². The van der Waals surface area contributed by atoms with Gasteiger partial charge in [-0.3, -0.25) is 4.79 Å². The van der Waals surface area contributed by atoms with Crippen molar-refractivity contribution in [3.05, 3.63) is 54.1 Å². The molecule has 0 fully saturated rings. The molecule has 0 saturated carbocycles. The fourth-order valence-corrected chi connectivity index (χ4v) is 3.69. The second-order valence-electron chi connectivity index (χ2n) is 7.85. The third kappa shape index (κ3) is 5.36. The number of aliphatic hydroxyl groups is 1. The van der Waals surface area contributed by atoms with Crippen LogP contribution in [0, 0.1) is 5.92 Å². The zero-order chi connectivity index (χ0) is 23.1. The van der Waals surface area contributed by atoms with Crippen LogP contribution in [0.15, 0.2) is 48.5 Å². The lowest BCUT2D eigenvalue weighted by Crippen LogP contribution is -2.47. The van der Waals surface area contributed by atoms with Gasteiger partial charge in [0.05, 0.1) is 0 Å². The number of carbonyl (C=O) groups excluding carboxylic acids is 1. The first-order chi connectivity index (χ1) is 15.4. The number of aliphatic carboxylic acids is 1. The van der Waals surface area contributed by atoms with Crippen molar-refractivity contribution in [1.82, 2.24) is 25.5 Å². The van der Waals surface area contributed by atoms with Crippen LogP contribution < -0.4 is 0 Å². The third-order valence-corrected chi connectivity index (χ3v) is 5.22. The molecule has 32 heavy (non-hydrogen) atoms. The molecule has 0 aliphatic carbocycles. The summed E-state index contributed by atoms with van der Waals surface area (Å²) in [7, 11) is 0. The molecule has 0 radical (unpaired) electrons. The second kappa shape index (κ2) is 10.6. The van der Waals surface area contributed by atoms with E-state index in [-0.39, 0.29) is 31.4 Å². The van der Waals surface area contributed by atoms with Gasteiger partial charge in [-0.05, 0) is 34.2 Å². The minimum Gasteiger partial charge on any atom is -0.480 e. The number of rotatable bonds is 10. The summed E-state index contributed by atoms with van der Waals surface area (Å²) in [6.07, 6.45) is 0.398. The molecule has 1 atom stereocenters. The molecule has 0 saturated heterocycles. The van der Waals surface area contributed by atoms with E-state index in [4.69, 9.17) is 5.11 Å². The van der Waals surface area contributed by atoms with E-state index in [1.54, 1.807) is 13.8 Å². The Labute approximate surface area is 186 Å². The van der Waals surface area contributed by atoms with Crippen LogP contribution in [-0.2, 0) is 16.1 Å². The lowest BCUT2D eigenvalue weighted by Gasteiger charge is -2.32. The van der Waals surface area contributed by atoms with Gasteiger partial charge < -0.3 is 15.1 Å². The third-order valence-electron chi connectivity index (χ3n) is 5.22. The highest BCUT2D eigenvalue weighted by molar-refractivity contribution is 5.84. The Kier molecular flexibility index (Phi) is 7.67. The molecular formula is C23H27N5O4. The fraction of sp³-hybridized carbons (Fsp3) is 0.348. The number of carboxylic acids is 1. The molecule has 9 nitrogen and oxygen atoms in total. The minimum atomic E-state index is -1.04. The van der Waals surface area contributed by atoms with Crippen molar-refractivity contribution >= 4 is 11.9 Å². The average Bonchev–Trinajstić information content (AvgIpc) is 3.32. The maximum Gasteiger partial charge on any atom is 0.326 e. The number of aliphatic hydroxyl groups excluding tert-OH is 1. The number of benzene rings is 2.